The highest BCUT2D eigenvalue weighted by Crippen LogP contribution is 2.41. The molecule has 0 amide bonds. The molecular formula is C21H25NO. The van der Waals surface area contributed by atoms with Gasteiger partial charge in [0.2, 0.25) is 0 Å². The average molecular weight is 307 g/mol. The van der Waals surface area contributed by atoms with E-state index in [2.05, 4.69) is 29.2 Å². The third-order valence-electron chi connectivity index (χ3n) is 5.68. The van der Waals surface area contributed by atoms with Crippen LogP contribution in [0.2, 0.25) is 0 Å². The minimum atomic E-state index is -0.882. The van der Waals surface area contributed by atoms with Gasteiger partial charge in [-0.15, -0.1) is 0 Å². The molecule has 2 aromatic carbocycles. The van der Waals surface area contributed by atoms with Crippen molar-refractivity contribution in [3.05, 3.63) is 71.8 Å². The Balaban J connectivity index is 1.64. The van der Waals surface area contributed by atoms with Crippen LogP contribution in [0.25, 0.3) is 0 Å². The smallest absolute Gasteiger partial charge is 0.115 e. The van der Waals surface area contributed by atoms with Crippen LogP contribution in [0, 0.1) is 5.92 Å². The highest BCUT2D eigenvalue weighted by Gasteiger charge is 2.41. The highest BCUT2D eigenvalue weighted by molar-refractivity contribution is 5.36. The number of hydrogen-bond donors (Lipinski definition) is 1. The van der Waals surface area contributed by atoms with Gasteiger partial charge in [0.05, 0.1) is 0 Å². The van der Waals surface area contributed by atoms with Crippen LogP contribution in [0.3, 0.4) is 0 Å². The molecule has 1 N–H and O–H groups in total. The zero-order chi connectivity index (χ0) is 15.7. The van der Waals surface area contributed by atoms with Gasteiger partial charge in [0.15, 0.2) is 0 Å². The maximum absolute atomic E-state index is 11.7. The molecular weight excluding hydrogens is 282 g/mol. The first-order chi connectivity index (χ1) is 11.3. The van der Waals surface area contributed by atoms with Crippen molar-refractivity contribution < 1.29 is 5.11 Å². The molecule has 0 unspecified atom stereocenters. The second-order valence-electron chi connectivity index (χ2n) is 7.19. The molecule has 2 saturated heterocycles. The number of fused-ring (bicyclic) bond motifs is 1. The summed E-state index contributed by atoms with van der Waals surface area (Å²) >= 11 is 0. The second kappa shape index (κ2) is 6.10. The number of nitrogens with zero attached hydrogens (tertiary/aromatic N) is 1. The predicted molar refractivity (Wildman–Crippen MR) is 93.2 cm³/mol. The van der Waals surface area contributed by atoms with Crippen LogP contribution in [-0.4, -0.2) is 29.1 Å². The molecule has 2 nitrogen and oxygen atoms in total. The zero-order valence-electron chi connectivity index (χ0n) is 13.6. The fourth-order valence-electron chi connectivity index (χ4n) is 4.59. The van der Waals surface area contributed by atoms with Gasteiger partial charge >= 0.3 is 0 Å². The van der Waals surface area contributed by atoms with Crippen LogP contribution in [0.15, 0.2) is 60.7 Å². The van der Waals surface area contributed by atoms with Crippen molar-refractivity contribution in [1.29, 1.82) is 0 Å². The lowest BCUT2D eigenvalue weighted by Crippen LogP contribution is -2.31. The Kier molecular flexibility index (Phi) is 3.96. The van der Waals surface area contributed by atoms with E-state index in [1.165, 1.54) is 25.8 Å². The lowest BCUT2D eigenvalue weighted by molar-refractivity contribution is 0.0531. The van der Waals surface area contributed by atoms with E-state index in [9.17, 15) is 5.11 Å². The molecule has 2 atom stereocenters. The van der Waals surface area contributed by atoms with E-state index in [0.29, 0.717) is 5.92 Å². The molecule has 0 bridgehead atoms. The minimum Gasteiger partial charge on any atom is -0.380 e. The van der Waals surface area contributed by atoms with Crippen molar-refractivity contribution >= 4 is 0 Å². The van der Waals surface area contributed by atoms with E-state index in [-0.39, 0.29) is 0 Å². The van der Waals surface area contributed by atoms with E-state index < -0.39 is 5.60 Å². The summed E-state index contributed by atoms with van der Waals surface area (Å²) in [4.78, 5) is 2.63. The van der Waals surface area contributed by atoms with Crippen LogP contribution in [-0.2, 0) is 5.60 Å². The summed E-state index contributed by atoms with van der Waals surface area (Å²) in [7, 11) is 0. The van der Waals surface area contributed by atoms with Gasteiger partial charge in [-0.2, -0.15) is 0 Å². The maximum Gasteiger partial charge on any atom is 0.115 e. The van der Waals surface area contributed by atoms with Crippen molar-refractivity contribution in [3.63, 3.8) is 0 Å². The minimum absolute atomic E-state index is 0.575. The van der Waals surface area contributed by atoms with Gasteiger partial charge in [0.1, 0.15) is 5.60 Å². The van der Waals surface area contributed by atoms with Gasteiger partial charge in [-0.05, 0) is 49.3 Å². The van der Waals surface area contributed by atoms with Gasteiger partial charge in [-0.1, -0.05) is 60.7 Å². The Bertz CT molecular complexity index is 588. The Hall–Kier alpha value is -1.64. The topological polar surface area (TPSA) is 23.5 Å². The van der Waals surface area contributed by atoms with Crippen molar-refractivity contribution in [2.45, 2.75) is 37.3 Å². The van der Waals surface area contributed by atoms with Crippen LogP contribution in [0.1, 0.15) is 36.8 Å². The summed E-state index contributed by atoms with van der Waals surface area (Å²) < 4.78 is 0. The average Bonchev–Trinajstić information content (AvgIpc) is 3.18. The van der Waals surface area contributed by atoms with E-state index >= 15 is 0 Å². The fourth-order valence-corrected chi connectivity index (χ4v) is 4.59. The van der Waals surface area contributed by atoms with Crippen LogP contribution >= 0.6 is 0 Å². The van der Waals surface area contributed by atoms with Crippen molar-refractivity contribution in [3.8, 4) is 0 Å². The number of benzene rings is 2. The van der Waals surface area contributed by atoms with Crippen LogP contribution < -0.4 is 0 Å². The standard InChI is InChI=1S/C21H25NO/c23-21(18-8-3-1-4-9-18,19-10-5-2-6-11-19)15-17-14-20-12-7-13-22(20)16-17/h1-6,8-11,17,20,23H,7,12-16H2/t17-,20-/m0/s1. The van der Waals surface area contributed by atoms with Crippen LogP contribution in [0.5, 0.6) is 0 Å². The molecule has 0 radical (unpaired) electrons. The van der Waals surface area contributed by atoms with E-state index in [1.54, 1.807) is 0 Å². The molecule has 2 heteroatoms. The lowest BCUT2D eigenvalue weighted by Gasteiger charge is -2.32. The summed E-state index contributed by atoms with van der Waals surface area (Å²) in [5.41, 5.74) is 1.14. The molecule has 0 aliphatic carbocycles. The first-order valence-electron chi connectivity index (χ1n) is 8.83. The number of hydrogen-bond acceptors (Lipinski definition) is 2. The van der Waals surface area contributed by atoms with Crippen molar-refractivity contribution in [1.82, 2.24) is 4.90 Å². The van der Waals surface area contributed by atoms with E-state index in [1.807, 2.05) is 36.4 Å². The van der Waals surface area contributed by atoms with Crippen LogP contribution in [0.4, 0.5) is 0 Å². The Morgan fingerprint density at radius 3 is 2.13 bits per heavy atom. The molecule has 2 aliphatic heterocycles. The molecule has 2 heterocycles. The summed E-state index contributed by atoms with van der Waals surface area (Å²) in [5.74, 6) is 0.575. The fraction of sp³-hybridized carbons (Fsp3) is 0.429. The molecule has 120 valence electrons. The second-order valence-corrected chi connectivity index (χ2v) is 7.19. The molecule has 4 rings (SSSR count). The normalized spacial score (nSPS) is 24.7. The maximum atomic E-state index is 11.7. The Morgan fingerprint density at radius 1 is 0.957 bits per heavy atom. The molecule has 2 aliphatic rings. The van der Waals surface area contributed by atoms with Crippen molar-refractivity contribution in [2.75, 3.05) is 13.1 Å². The quantitative estimate of drug-likeness (QED) is 0.929. The molecule has 0 spiro atoms. The van der Waals surface area contributed by atoms with Gasteiger partial charge < -0.3 is 10.0 Å². The SMILES string of the molecule is OC(C[C@@H]1C[C@@H]2CCCN2C1)(c1ccccc1)c1ccccc1. The van der Waals surface area contributed by atoms with Crippen molar-refractivity contribution in [2.24, 2.45) is 5.92 Å². The summed E-state index contributed by atoms with van der Waals surface area (Å²) in [6.07, 6.45) is 4.74. The van der Waals surface area contributed by atoms with E-state index in [0.717, 1.165) is 30.1 Å². The third kappa shape index (κ3) is 2.82. The summed E-state index contributed by atoms with van der Waals surface area (Å²) in [5, 5.41) is 11.7. The number of aliphatic hydroxyl groups is 1. The molecule has 2 fully saturated rings. The molecule has 0 aromatic heterocycles. The van der Waals surface area contributed by atoms with Gasteiger partial charge in [-0.25, -0.2) is 0 Å². The first-order valence-corrected chi connectivity index (χ1v) is 8.83. The molecule has 2 aromatic rings. The van der Waals surface area contributed by atoms with Gasteiger partial charge in [-0.3, -0.25) is 0 Å². The summed E-state index contributed by atoms with van der Waals surface area (Å²) in [6.45, 7) is 2.39. The largest absolute Gasteiger partial charge is 0.380 e. The number of rotatable bonds is 4. The lowest BCUT2D eigenvalue weighted by atomic mass is 9.78. The van der Waals surface area contributed by atoms with Gasteiger partial charge in [0, 0.05) is 12.6 Å². The predicted octanol–water partition coefficient (Wildman–Crippen LogP) is 3.80. The highest BCUT2D eigenvalue weighted by atomic mass is 16.3. The Morgan fingerprint density at radius 2 is 1.57 bits per heavy atom. The molecule has 0 saturated carbocycles. The summed E-state index contributed by atoms with van der Waals surface area (Å²) in [6, 6.07) is 21.1. The first kappa shape index (κ1) is 14.9. The Labute approximate surface area is 138 Å². The third-order valence-corrected chi connectivity index (χ3v) is 5.68. The molecule has 23 heavy (non-hydrogen) atoms. The van der Waals surface area contributed by atoms with E-state index in [4.69, 9.17) is 0 Å². The van der Waals surface area contributed by atoms with Gasteiger partial charge in [0.25, 0.3) is 0 Å². The zero-order valence-corrected chi connectivity index (χ0v) is 13.6. The monoisotopic (exact) mass is 307 g/mol.